The van der Waals surface area contributed by atoms with E-state index in [0.29, 0.717) is 6.61 Å². The van der Waals surface area contributed by atoms with E-state index in [4.69, 9.17) is 4.74 Å². The first-order chi connectivity index (χ1) is 8.66. The lowest BCUT2D eigenvalue weighted by Gasteiger charge is -2.21. The molecule has 1 aromatic rings. The number of rotatable bonds is 5. The molecule has 0 saturated carbocycles. The van der Waals surface area contributed by atoms with Gasteiger partial charge in [0.15, 0.2) is 0 Å². The fourth-order valence-corrected chi connectivity index (χ4v) is 2.15. The Bertz CT molecular complexity index is 381. The SMILES string of the molecule is CC(NC1CCOC1)c1ccccc1OC(F)F. The summed E-state index contributed by atoms with van der Waals surface area (Å²) in [6.07, 6.45) is 0.947. The quantitative estimate of drug-likeness (QED) is 0.879. The van der Waals surface area contributed by atoms with Crippen molar-refractivity contribution in [3.05, 3.63) is 29.8 Å². The molecule has 1 heterocycles. The van der Waals surface area contributed by atoms with Crippen LogP contribution in [0.1, 0.15) is 24.9 Å². The molecule has 1 N–H and O–H groups in total. The number of benzene rings is 1. The van der Waals surface area contributed by atoms with Crippen LogP contribution in [0.3, 0.4) is 0 Å². The lowest BCUT2D eigenvalue weighted by molar-refractivity contribution is -0.0506. The van der Waals surface area contributed by atoms with E-state index >= 15 is 0 Å². The van der Waals surface area contributed by atoms with Crippen molar-refractivity contribution in [2.24, 2.45) is 0 Å². The summed E-state index contributed by atoms with van der Waals surface area (Å²) >= 11 is 0. The predicted molar refractivity (Wildman–Crippen MR) is 63.8 cm³/mol. The third kappa shape index (κ3) is 3.40. The number of hydrogen-bond acceptors (Lipinski definition) is 3. The van der Waals surface area contributed by atoms with E-state index in [1.54, 1.807) is 18.2 Å². The Morgan fingerprint density at radius 1 is 1.39 bits per heavy atom. The van der Waals surface area contributed by atoms with E-state index in [2.05, 4.69) is 10.1 Å². The predicted octanol–water partition coefficient (Wildman–Crippen LogP) is 2.73. The number of ether oxygens (including phenoxy) is 2. The highest BCUT2D eigenvalue weighted by Crippen LogP contribution is 2.27. The minimum atomic E-state index is -2.80. The van der Waals surface area contributed by atoms with Gasteiger partial charge in [-0.15, -0.1) is 0 Å². The summed E-state index contributed by atoms with van der Waals surface area (Å²) in [5.41, 5.74) is 0.740. The topological polar surface area (TPSA) is 30.5 Å². The van der Waals surface area contributed by atoms with Crippen molar-refractivity contribution in [3.8, 4) is 5.75 Å². The molecule has 0 bridgehead atoms. The Labute approximate surface area is 105 Å². The van der Waals surface area contributed by atoms with Gasteiger partial charge in [0, 0.05) is 24.3 Å². The van der Waals surface area contributed by atoms with Crippen LogP contribution < -0.4 is 10.1 Å². The van der Waals surface area contributed by atoms with Crippen LogP contribution in [0.2, 0.25) is 0 Å². The summed E-state index contributed by atoms with van der Waals surface area (Å²) in [6.45, 7) is 0.557. The monoisotopic (exact) mass is 257 g/mol. The largest absolute Gasteiger partial charge is 0.434 e. The molecule has 1 aliphatic rings. The van der Waals surface area contributed by atoms with Gasteiger partial charge in [0.25, 0.3) is 0 Å². The summed E-state index contributed by atoms with van der Waals surface area (Å²) < 4.78 is 34.4. The zero-order chi connectivity index (χ0) is 13.0. The van der Waals surface area contributed by atoms with Gasteiger partial charge in [-0.1, -0.05) is 18.2 Å². The van der Waals surface area contributed by atoms with Crippen LogP contribution >= 0.6 is 0 Å². The standard InChI is InChI=1S/C13H17F2NO2/c1-9(16-10-6-7-17-8-10)11-4-2-3-5-12(11)18-13(14)15/h2-5,9-10,13,16H,6-8H2,1H3. The van der Waals surface area contributed by atoms with Crippen molar-refractivity contribution in [2.75, 3.05) is 13.2 Å². The summed E-state index contributed by atoms with van der Waals surface area (Å²) in [5, 5.41) is 3.36. The van der Waals surface area contributed by atoms with Crippen molar-refractivity contribution in [2.45, 2.75) is 32.0 Å². The van der Waals surface area contributed by atoms with Crippen LogP contribution in [-0.4, -0.2) is 25.9 Å². The van der Waals surface area contributed by atoms with Crippen LogP contribution in [0.25, 0.3) is 0 Å². The van der Waals surface area contributed by atoms with E-state index in [-0.39, 0.29) is 17.8 Å². The summed E-state index contributed by atoms with van der Waals surface area (Å²) in [4.78, 5) is 0. The van der Waals surface area contributed by atoms with Gasteiger partial charge in [0.2, 0.25) is 0 Å². The van der Waals surface area contributed by atoms with Gasteiger partial charge in [-0.3, -0.25) is 0 Å². The van der Waals surface area contributed by atoms with Crippen molar-refractivity contribution in [1.82, 2.24) is 5.32 Å². The number of halogens is 2. The maximum Gasteiger partial charge on any atom is 0.387 e. The van der Waals surface area contributed by atoms with E-state index < -0.39 is 6.61 Å². The molecule has 18 heavy (non-hydrogen) atoms. The van der Waals surface area contributed by atoms with Crippen LogP contribution in [0.4, 0.5) is 8.78 Å². The summed E-state index contributed by atoms with van der Waals surface area (Å²) in [6, 6.07) is 7.09. The first kappa shape index (κ1) is 13.2. The van der Waals surface area contributed by atoms with Crippen molar-refractivity contribution in [1.29, 1.82) is 0 Å². The highest BCUT2D eigenvalue weighted by atomic mass is 19.3. The maximum atomic E-state index is 12.3. The zero-order valence-corrected chi connectivity index (χ0v) is 10.2. The third-order valence-electron chi connectivity index (χ3n) is 3.02. The van der Waals surface area contributed by atoms with E-state index in [1.807, 2.05) is 13.0 Å². The Kier molecular flexibility index (Phi) is 4.49. The van der Waals surface area contributed by atoms with Crippen LogP contribution in [-0.2, 0) is 4.74 Å². The van der Waals surface area contributed by atoms with Crippen molar-refractivity contribution >= 4 is 0 Å². The van der Waals surface area contributed by atoms with Gasteiger partial charge >= 0.3 is 6.61 Å². The molecular formula is C13H17F2NO2. The number of para-hydroxylation sites is 1. The Hall–Kier alpha value is -1.20. The van der Waals surface area contributed by atoms with Gasteiger partial charge in [-0.2, -0.15) is 8.78 Å². The molecule has 5 heteroatoms. The second-order valence-electron chi connectivity index (χ2n) is 4.37. The molecule has 0 amide bonds. The highest BCUT2D eigenvalue weighted by molar-refractivity contribution is 5.35. The molecule has 2 atom stereocenters. The molecule has 0 spiro atoms. The van der Waals surface area contributed by atoms with Crippen LogP contribution in [0, 0.1) is 0 Å². The molecule has 1 aromatic carbocycles. The molecule has 1 aliphatic heterocycles. The second-order valence-corrected chi connectivity index (χ2v) is 4.37. The van der Waals surface area contributed by atoms with E-state index in [1.165, 1.54) is 0 Å². The Balaban J connectivity index is 2.05. The summed E-state index contributed by atoms with van der Waals surface area (Å²) in [7, 11) is 0. The number of alkyl halides is 2. The normalized spacial score (nSPS) is 21.2. The van der Waals surface area contributed by atoms with Gasteiger partial charge in [-0.25, -0.2) is 0 Å². The molecular weight excluding hydrogens is 240 g/mol. The molecule has 0 aromatic heterocycles. The fourth-order valence-electron chi connectivity index (χ4n) is 2.15. The number of hydrogen-bond donors (Lipinski definition) is 1. The number of nitrogens with one attached hydrogen (secondary N) is 1. The van der Waals surface area contributed by atoms with Crippen molar-refractivity contribution in [3.63, 3.8) is 0 Å². The van der Waals surface area contributed by atoms with Crippen LogP contribution in [0.5, 0.6) is 5.75 Å². The first-order valence-electron chi connectivity index (χ1n) is 6.04. The minimum absolute atomic E-state index is 0.0494. The molecule has 100 valence electrons. The van der Waals surface area contributed by atoms with E-state index in [0.717, 1.165) is 18.6 Å². The average Bonchev–Trinajstić information content (AvgIpc) is 2.81. The smallest absolute Gasteiger partial charge is 0.387 e. The molecule has 1 fully saturated rings. The molecule has 2 unspecified atom stereocenters. The molecule has 2 rings (SSSR count). The Morgan fingerprint density at radius 2 is 2.17 bits per heavy atom. The fraction of sp³-hybridized carbons (Fsp3) is 0.538. The molecule has 1 saturated heterocycles. The van der Waals surface area contributed by atoms with Gasteiger partial charge in [-0.05, 0) is 19.4 Å². The maximum absolute atomic E-state index is 12.3. The minimum Gasteiger partial charge on any atom is -0.434 e. The second kappa shape index (κ2) is 6.11. The lowest BCUT2D eigenvalue weighted by Crippen LogP contribution is -2.32. The third-order valence-corrected chi connectivity index (χ3v) is 3.02. The molecule has 0 aliphatic carbocycles. The van der Waals surface area contributed by atoms with Crippen LogP contribution in [0.15, 0.2) is 24.3 Å². The summed E-state index contributed by atoms with van der Waals surface area (Å²) in [5.74, 6) is 0.228. The highest BCUT2D eigenvalue weighted by Gasteiger charge is 2.20. The first-order valence-corrected chi connectivity index (χ1v) is 6.04. The Morgan fingerprint density at radius 3 is 2.83 bits per heavy atom. The zero-order valence-electron chi connectivity index (χ0n) is 10.2. The van der Waals surface area contributed by atoms with Gasteiger partial charge < -0.3 is 14.8 Å². The van der Waals surface area contributed by atoms with Crippen molar-refractivity contribution < 1.29 is 18.3 Å². The lowest BCUT2D eigenvalue weighted by atomic mass is 10.1. The van der Waals surface area contributed by atoms with Gasteiger partial charge in [0.05, 0.1) is 6.61 Å². The molecule has 3 nitrogen and oxygen atoms in total. The average molecular weight is 257 g/mol. The van der Waals surface area contributed by atoms with Gasteiger partial charge in [0.1, 0.15) is 5.75 Å². The molecule has 0 radical (unpaired) electrons. The van der Waals surface area contributed by atoms with E-state index in [9.17, 15) is 8.78 Å².